The molecule has 106 valence electrons. The van der Waals surface area contributed by atoms with Gasteiger partial charge in [0.05, 0.1) is 12.2 Å². The zero-order valence-electron chi connectivity index (χ0n) is 10.2. The molecule has 0 saturated heterocycles. The summed E-state index contributed by atoms with van der Waals surface area (Å²) in [5, 5.41) is 0. The summed E-state index contributed by atoms with van der Waals surface area (Å²) in [5.74, 6) is -0.210. The van der Waals surface area contributed by atoms with E-state index in [1.54, 1.807) is 0 Å². The van der Waals surface area contributed by atoms with E-state index >= 15 is 0 Å². The van der Waals surface area contributed by atoms with E-state index < -0.39 is 11.9 Å². The smallest absolute Gasteiger partial charge is 0.433 e. The largest absolute Gasteiger partial charge is 0.477 e. The average Bonchev–Trinajstić information content (AvgIpc) is 2.33. The fourth-order valence-electron chi connectivity index (χ4n) is 1.27. The molecule has 1 heterocycles. The maximum absolute atomic E-state index is 12.5. The topological polar surface area (TPSA) is 57.4 Å². The van der Waals surface area contributed by atoms with Crippen LogP contribution in [0.25, 0.3) is 0 Å². The van der Waals surface area contributed by atoms with E-state index in [2.05, 4.69) is 4.98 Å². The Balaban J connectivity index is 2.93. The number of methoxy groups -OCH3 is 1. The summed E-state index contributed by atoms with van der Waals surface area (Å²) in [6.45, 7) is 0.596. The van der Waals surface area contributed by atoms with Gasteiger partial charge < -0.3 is 15.2 Å². The van der Waals surface area contributed by atoms with Gasteiger partial charge >= 0.3 is 6.18 Å². The van der Waals surface area contributed by atoms with Crippen LogP contribution in [0.2, 0.25) is 0 Å². The third kappa shape index (κ3) is 4.64. The predicted octanol–water partition coefficient (Wildman–Crippen LogP) is 2.15. The molecule has 1 aromatic rings. The Morgan fingerprint density at radius 2 is 2.05 bits per heavy atom. The number of aromatic nitrogens is 1. The maximum atomic E-state index is 12.5. The van der Waals surface area contributed by atoms with Crippen molar-refractivity contribution in [2.75, 3.05) is 20.3 Å². The normalized spacial score (nSPS) is 11.4. The van der Waals surface area contributed by atoms with Crippen LogP contribution in [0.3, 0.4) is 0 Å². The van der Waals surface area contributed by atoms with Gasteiger partial charge in [0.15, 0.2) is 0 Å². The van der Waals surface area contributed by atoms with Gasteiger partial charge in [-0.1, -0.05) is 12.2 Å². The van der Waals surface area contributed by atoms with E-state index in [0.717, 1.165) is 12.1 Å². The Labute approximate surface area is 113 Å². The molecule has 0 aliphatic carbocycles. The average molecular weight is 294 g/mol. The van der Waals surface area contributed by atoms with Crippen LogP contribution < -0.4 is 10.5 Å². The first-order valence-electron chi connectivity index (χ1n) is 5.36. The van der Waals surface area contributed by atoms with Gasteiger partial charge in [0, 0.05) is 20.1 Å². The van der Waals surface area contributed by atoms with Gasteiger partial charge in [-0.15, -0.1) is 0 Å². The Morgan fingerprint density at radius 1 is 1.37 bits per heavy atom. The highest BCUT2D eigenvalue weighted by Gasteiger charge is 2.33. The Bertz CT molecular complexity index is 452. The van der Waals surface area contributed by atoms with Gasteiger partial charge in [-0.2, -0.15) is 13.2 Å². The van der Waals surface area contributed by atoms with Crippen molar-refractivity contribution < 1.29 is 22.6 Å². The van der Waals surface area contributed by atoms with Crippen molar-refractivity contribution in [3.63, 3.8) is 0 Å². The lowest BCUT2D eigenvalue weighted by Crippen LogP contribution is -2.16. The fourth-order valence-corrected chi connectivity index (χ4v) is 1.42. The minimum absolute atomic E-state index is 0.0667. The minimum atomic E-state index is -4.54. The number of thiocarbonyl (C=S) groups is 1. The molecular formula is C11H13F3N2O2S. The first kappa shape index (κ1) is 15.6. The summed E-state index contributed by atoms with van der Waals surface area (Å²) in [7, 11) is 1.52. The molecule has 0 fully saturated rings. The van der Waals surface area contributed by atoms with Gasteiger partial charge in [-0.05, 0) is 12.1 Å². The standard InChI is InChI=1S/C11H13F3N2O2S/c1-17-5-2-6-18-10-7(9(15)19)3-4-8(16-10)11(12,13)14/h3-4H,2,5-6H2,1H3,(H2,15,19). The lowest BCUT2D eigenvalue weighted by atomic mass is 10.2. The third-order valence-electron chi connectivity index (χ3n) is 2.15. The number of pyridine rings is 1. The summed E-state index contributed by atoms with van der Waals surface area (Å²) < 4.78 is 47.6. The molecule has 0 aliphatic rings. The van der Waals surface area contributed by atoms with Gasteiger partial charge in [0.2, 0.25) is 5.88 Å². The zero-order chi connectivity index (χ0) is 14.5. The number of rotatable bonds is 6. The first-order chi connectivity index (χ1) is 8.86. The molecule has 0 atom stereocenters. The van der Waals surface area contributed by atoms with E-state index in [9.17, 15) is 13.2 Å². The molecule has 8 heteroatoms. The molecule has 19 heavy (non-hydrogen) atoms. The molecule has 0 saturated carbocycles. The van der Waals surface area contributed by atoms with Crippen molar-refractivity contribution in [2.24, 2.45) is 5.73 Å². The molecule has 0 spiro atoms. The zero-order valence-corrected chi connectivity index (χ0v) is 11.0. The molecule has 0 bridgehead atoms. The highest BCUT2D eigenvalue weighted by molar-refractivity contribution is 7.80. The molecule has 0 aliphatic heterocycles. The van der Waals surface area contributed by atoms with Crippen LogP contribution in [0.4, 0.5) is 13.2 Å². The van der Waals surface area contributed by atoms with E-state index in [4.69, 9.17) is 27.4 Å². The van der Waals surface area contributed by atoms with Gasteiger partial charge in [-0.25, -0.2) is 4.98 Å². The Morgan fingerprint density at radius 3 is 2.58 bits per heavy atom. The fraction of sp³-hybridized carbons (Fsp3) is 0.455. The van der Waals surface area contributed by atoms with Crippen LogP contribution in [-0.4, -0.2) is 30.3 Å². The second-order valence-electron chi connectivity index (χ2n) is 3.61. The van der Waals surface area contributed by atoms with Crippen LogP contribution in [0.1, 0.15) is 17.7 Å². The van der Waals surface area contributed by atoms with Crippen LogP contribution in [0, 0.1) is 0 Å². The molecule has 0 unspecified atom stereocenters. The lowest BCUT2D eigenvalue weighted by Gasteiger charge is -2.12. The van der Waals surface area contributed by atoms with Crippen molar-refractivity contribution in [2.45, 2.75) is 12.6 Å². The van der Waals surface area contributed by atoms with E-state index in [-0.39, 0.29) is 23.0 Å². The van der Waals surface area contributed by atoms with Crippen LogP contribution in [0.5, 0.6) is 5.88 Å². The van der Waals surface area contributed by atoms with E-state index in [1.165, 1.54) is 7.11 Å². The summed E-state index contributed by atoms with van der Waals surface area (Å²) in [5.41, 5.74) is 4.54. The summed E-state index contributed by atoms with van der Waals surface area (Å²) in [6.07, 6.45) is -4.02. The molecular weight excluding hydrogens is 281 g/mol. The molecule has 0 aromatic carbocycles. The van der Waals surface area contributed by atoms with Crippen molar-refractivity contribution in [1.29, 1.82) is 0 Å². The first-order valence-corrected chi connectivity index (χ1v) is 5.77. The second kappa shape index (κ2) is 6.67. The highest BCUT2D eigenvalue weighted by atomic mass is 32.1. The monoisotopic (exact) mass is 294 g/mol. The Hall–Kier alpha value is -1.41. The summed E-state index contributed by atoms with van der Waals surface area (Å²) in [6, 6.07) is 1.97. The van der Waals surface area contributed by atoms with Gasteiger partial charge in [0.1, 0.15) is 10.7 Å². The number of hydrogen-bond donors (Lipinski definition) is 1. The molecule has 2 N–H and O–H groups in total. The van der Waals surface area contributed by atoms with E-state index in [1.807, 2.05) is 0 Å². The molecule has 1 aromatic heterocycles. The second-order valence-corrected chi connectivity index (χ2v) is 4.05. The van der Waals surface area contributed by atoms with E-state index in [0.29, 0.717) is 13.0 Å². The Kier molecular flexibility index (Phi) is 5.49. The maximum Gasteiger partial charge on any atom is 0.433 e. The predicted molar refractivity (Wildman–Crippen MR) is 67.1 cm³/mol. The number of alkyl halides is 3. The number of nitrogens with two attached hydrogens (primary N) is 1. The van der Waals surface area contributed by atoms with Crippen molar-refractivity contribution >= 4 is 17.2 Å². The number of ether oxygens (including phenoxy) is 2. The minimum Gasteiger partial charge on any atom is -0.477 e. The quantitative estimate of drug-likeness (QED) is 0.643. The van der Waals surface area contributed by atoms with Crippen molar-refractivity contribution in [3.8, 4) is 5.88 Å². The number of halogens is 3. The van der Waals surface area contributed by atoms with Crippen LogP contribution >= 0.6 is 12.2 Å². The number of hydrogen-bond acceptors (Lipinski definition) is 4. The molecule has 0 radical (unpaired) electrons. The van der Waals surface area contributed by atoms with Crippen LogP contribution in [0.15, 0.2) is 12.1 Å². The van der Waals surface area contributed by atoms with Crippen molar-refractivity contribution in [1.82, 2.24) is 4.98 Å². The highest BCUT2D eigenvalue weighted by Crippen LogP contribution is 2.30. The van der Waals surface area contributed by atoms with Gasteiger partial charge in [0.25, 0.3) is 0 Å². The molecule has 1 rings (SSSR count). The number of nitrogens with zero attached hydrogens (tertiary/aromatic N) is 1. The third-order valence-corrected chi connectivity index (χ3v) is 2.37. The van der Waals surface area contributed by atoms with Crippen LogP contribution in [-0.2, 0) is 10.9 Å². The molecule has 0 amide bonds. The SMILES string of the molecule is COCCCOc1nc(C(F)(F)F)ccc1C(N)=S. The summed E-state index contributed by atoms with van der Waals surface area (Å²) >= 11 is 4.74. The van der Waals surface area contributed by atoms with Crippen molar-refractivity contribution in [3.05, 3.63) is 23.4 Å². The molecule has 4 nitrogen and oxygen atoms in total. The lowest BCUT2D eigenvalue weighted by molar-refractivity contribution is -0.141. The van der Waals surface area contributed by atoms with Gasteiger partial charge in [-0.3, -0.25) is 0 Å². The summed E-state index contributed by atoms with van der Waals surface area (Å²) in [4.78, 5) is 3.34.